The topological polar surface area (TPSA) is 35.5 Å². The van der Waals surface area contributed by atoms with Crippen molar-refractivity contribution in [3.63, 3.8) is 0 Å². The molecule has 1 aliphatic rings. The van der Waals surface area contributed by atoms with Crippen LogP contribution in [0.15, 0.2) is 12.1 Å². The average Bonchev–Trinajstić information content (AvgIpc) is 2.36. The Kier molecular flexibility index (Phi) is 8.45. The summed E-state index contributed by atoms with van der Waals surface area (Å²) in [5, 5.41) is 14.0. The molecule has 0 bridgehead atoms. The normalized spacial score (nSPS) is 17.2. The number of piperazine rings is 1. The van der Waals surface area contributed by atoms with Gasteiger partial charge in [-0.1, -0.05) is 29.3 Å². The minimum Gasteiger partial charge on any atom is -0.506 e. The van der Waals surface area contributed by atoms with Gasteiger partial charge in [0.15, 0.2) is 0 Å². The molecule has 0 amide bonds. The molecule has 1 fully saturated rings. The maximum atomic E-state index is 10.0. The SMILES string of the molecule is C[C@@H](c1ccc(Cl)c(Cl)c1O)N1CCNCC1.Cl.Cl. The van der Waals surface area contributed by atoms with Crippen molar-refractivity contribution in [3.05, 3.63) is 27.7 Å². The molecule has 0 unspecified atom stereocenters. The smallest absolute Gasteiger partial charge is 0.140 e. The van der Waals surface area contributed by atoms with Crippen molar-refractivity contribution in [1.29, 1.82) is 0 Å². The second-order valence-corrected chi connectivity index (χ2v) is 5.05. The second kappa shape index (κ2) is 8.40. The van der Waals surface area contributed by atoms with Crippen LogP contribution < -0.4 is 5.32 Å². The summed E-state index contributed by atoms with van der Waals surface area (Å²) in [6.07, 6.45) is 0. The highest BCUT2D eigenvalue weighted by Crippen LogP contribution is 2.38. The van der Waals surface area contributed by atoms with Gasteiger partial charge in [-0.3, -0.25) is 4.90 Å². The van der Waals surface area contributed by atoms with Crippen molar-refractivity contribution >= 4 is 48.0 Å². The van der Waals surface area contributed by atoms with Crippen LogP contribution in [0.3, 0.4) is 0 Å². The number of phenolic OH excluding ortho intramolecular Hbond substituents is 1. The zero-order valence-electron chi connectivity index (χ0n) is 10.5. The molecule has 19 heavy (non-hydrogen) atoms. The molecule has 0 spiro atoms. The summed E-state index contributed by atoms with van der Waals surface area (Å²) in [4.78, 5) is 2.32. The Morgan fingerprint density at radius 3 is 2.37 bits per heavy atom. The molecule has 1 heterocycles. The van der Waals surface area contributed by atoms with E-state index in [9.17, 15) is 5.11 Å². The van der Waals surface area contributed by atoms with E-state index in [4.69, 9.17) is 23.2 Å². The van der Waals surface area contributed by atoms with Crippen molar-refractivity contribution in [1.82, 2.24) is 10.2 Å². The lowest BCUT2D eigenvalue weighted by atomic mass is 10.0. The van der Waals surface area contributed by atoms with Crippen LogP contribution in [-0.4, -0.2) is 36.2 Å². The van der Waals surface area contributed by atoms with Gasteiger partial charge in [0.2, 0.25) is 0 Å². The fourth-order valence-corrected chi connectivity index (χ4v) is 2.48. The van der Waals surface area contributed by atoms with E-state index in [1.165, 1.54) is 0 Å². The first kappa shape index (κ1) is 19.1. The number of benzene rings is 1. The minimum atomic E-state index is 0. The van der Waals surface area contributed by atoms with E-state index in [1.807, 2.05) is 6.07 Å². The molecule has 1 aromatic carbocycles. The third kappa shape index (κ3) is 4.28. The summed E-state index contributed by atoms with van der Waals surface area (Å²) in [7, 11) is 0. The summed E-state index contributed by atoms with van der Waals surface area (Å²) >= 11 is 11.8. The molecule has 1 saturated heterocycles. The van der Waals surface area contributed by atoms with Crippen LogP contribution in [-0.2, 0) is 0 Å². The van der Waals surface area contributed by atoms with Gasteiger partial charge in [0.25, 0.3) is 0 Å². The van der Waals surface area contributed by atoms with Crippen molar-refractivity contribution in [2.75, 3.05) is 26.2 Å². The van der Waals surface area contributed by atoms with Crippen LogP contribution in [0.2, 0.25) is 10.0 Å². The molecule has 0 saturated carbocycles. The Balaban J connectivity index is 0.00000162. The summed E-state index contributed by atoms with van der Waals surface area (Å²) < 4.78 is 0. The third-order valence-electron chi connectivity index (χ3n) is 3.25. The lowest BCUT2D eigenvalue weighted by molar-refractivity contribution is 0.183. The monoisotopic (exact) mass is 346 g/mol. The van der Waals surface area contributed by atoms with E-state index in [1.54, 1.807) is 6.07 Å². The summed E-state index contributed by atoms with van der Waals surface area (Å²) in [5.41, 5.74) is 0.835. The van der Waals surface area contributed by atoms with Gasteiger partial charge in [0.05, 0.1) is 5.02 Å². The van der Waals surface area contributed by atoms with E-state index < -0.39 is 0 Å². The Labute approximate surface area is 136 Å². The number of phenols is 1. The molecule has 1 aromatic rings. The second-order valence-electron chi connectivity index (χ2n) is 4.26. The zero-order chi connectivity index (χ0) is 12.4. The molecule has 2 N–H and O–H groups in total. The molecular weight excluding hydrogens is 330 g/mol. The van der Waals surface area contributed by atoms with Crippen molar-refractivity contribution < 1.29 is 5.11 Å². The number of hydrogen-bond donors (Lipinski definition) is 2. The minimum absolute atomic E-state index is 0. The molecule has 0 radical (unpaired) electrons. The molecule has 2 rings (SSSR count). The molecule has 1 aliphatic heterocycles. The Bertz CT molecular complexity index is 411. The standard InChI is InChI=1S/C12H16Cl2N2O.2ClH/c1-8(16-6-4-15-5-7-16)9-2-3-10(13)11(14)12(9)17;;/h2-3,8,15,17H,4-7H2,1H3;2*1H/t8-;;/m0../s1. The van der Waals surface area contributed by atoms with Crippen LogP contribution in [0.1, 0.15) is 18.5 Å². The van der Waals surface area contributed by atoms with Gasteiger partial charge in [-0.05, 0) is 13.0 Å². The largest absolute Gasteiger partial charge is 0.506 e. The van der Waals surface area contributed by atoms with Crippen molar-refractivity contribution in [3.8, 4) is 5.75 Å². The van der Waals surface area contributed by atoms with E-state index in [0.717, 1.165) is 31.7 Å². The first-order valence-electron chi connectivity index (χ1n) is 5.73. The summed E-state index contributed by atoms with van der Waals surface area (Å²) in [5.74, 6) is 0.102. The molecular formula is C12H18Cl4N2O. The lowest BCUT2D eigenvalue weighted by Gasteiger charge is -2.33. The van der Waals surface area contributed by atoms with Gasteiger partial charge < -0.3 is 10.4 Å². The quantitative estimate of drug-likeness (QED) is 0.859. The van der Waals surface area contributed by atoms with Crippen LogP contribution in [0.5, 0.6) is 5.75 Å². The average molecular weight is 348 g/mol. The van der Waals surface area contributed by atoms with E-state index in [-0.39, 0.29) is 41.6 Å². The molecule has 3 nitrogen and oxygen atoms in total. The Hall–Kier alpha value is 0.1000. The van der Waals surface area contributed by atoms with Crippen LogP contribution in [0, 0.1) is 0 Å². The van der Waals surface area contributed by atoms with Crippen LogP contribution in [0.4, 0.5) is 0 Å². The molecule has 0 aromatic heterocycles. The van der Waals surface area contributed by atoms with Gasteiger partial charge in [-0.25, -0.2) is 0 Å². The highest BCUT2D eigenvalue weighted by Gasteiger charge is 2.22. The molecule has 7 heteroatoms. The maximum Gasteiger partial charge on any atom is 0.140 e. The number of aromatic hydroxyl groups is 1. The van der Waals surface area contributed by atoms with Crippen LogP contribution in [0.25, 0.3) is 0 Å². The number of hydrogen-bond acceptors (Lipinski definition) is 3. The maximum absolute atomic E-state index is 10.0. The third-order valence-corrected chi connectivity index (χ3v) is 4.04. The summed E-state index contributed by atoms with van der Waals surface area (Å²) in [6, 6.07) is 3.72. The fraction of sp³-hybridized carbons (Fsp3) is 0.500. The van der Waals surface area contributed by atoms with E-state index >= 15 is 0 Å². The molecule has 0 aliphatic carbocycles. The highest BCUT2D eigenvalue weighted by atomic mass is 35.5. The highest BCUT2D eigenvalue weighted by molar-refractivity contribution is 6.43. The molecule has 110 valence electrons. The summed E-state index contributed by atoms with van der Waals surface area (Å²) in [6.45, 7) is 5.98. The van der Waals surface area contributed by atoms with Gasteiger partial charge >= 0.3 is 0 Å². The van der Waals surface area contributed by atoms with E-state index in [0.29, 0.717) is 5.02 Å². The number of halogens is 4. The predicted molar refractivity (Wildman–Crippen MR) is 85.5 cm³/mol. The predicted octanol–water partition coefficient (Wildman–Crippen LogP) is 3.51. The van der Waals surface area contributed by atoms with Crippen molar-refractivity contribution in [2.45, 2.75) is 13.0 Å². The lowest BCUT2D eigenvalue weighted by Crippen LogP contribution is -2.44. The first-order valence-corrected chi connectivity index (χ1v) is 6.48. The number of nitrogens with zero attached hydrogens (tertiary/aromatic N) is 1. The van der Waals surface area contributed by atoms with Gasteiger partial charge in [0.1, 0.15) is 10.8 Å². The Morgan fingerprint density at radius 2 is 1.79 bits per heavy atom. The number of rotatable bonds is 2. The van der Waals surface area contributed by atoms with Gasteiger partial charge in [-0.15, -0.1) is 24.8 Å². The Morgan fingerprint density at radius 1 is 1.21 bits per heavy atom. The van der Waals surface area contributed by atoms with Crippen molar-refractivity contribution in [2.24, 2.45) is 0 Å². The van der Waals surface area contributed by atoms with Gasteiger partial charge in [0, 0.05) is 37.8 Å². The fourth-order valence-electron chi connectivity index (χ4n) is 2.16. The molecule has 1 atom stereocenters. The van der Waals surface area contributed by atoms with E-state index in [2.05, 4.69) is 17.1 Å². The zero-order valence-corrected chi connectivity index (χ0v) is 13.7. The number of nitrogens with one attached hydrogen (secondary N) is 1. The van der Waals surface area contributed by atoms with Gasteiger partial charge in [-0.2, -0.15) is 0 Å². The van der Waals surface area contributed by atoms with Crippen LogP contribution >= 0.6 is 48.0 Å². The first-order chi connectivity index (χ1) is 8.11.